The summed E-state index contributed by atoms with van der Waals surface area (Å²) in [6.45, 7) is 12.5. The van der Waals surface area contributed by atoms with E-state index in [1.165, 1.54) is 44.7 Å². The summed E-state index contributed by atoms with van der Waals surface area (Å²) < 4.78 is 0. The minimum Gasteiger partial charge on any atom is -0.512 e. The van der Waals surface area contributed by atoms with Crippen LogP contribution in [0.4, 0.5) is 0 Å². The van der Waals surface area contributed by atoms with Gasteiger partial charge >= 0.3 is 0 Å². The molecule has 0 bridgehead atoms. The van der Waals surface area contributed by atoms with Crippen LogP contribution in [0.1, 0.15) is 65.9 Å². The maximum Gasteiger partial charge on any atom is 0.159 e. The van der Waals surface area contributed by atoms with Crippen LogP contribution in [0.3, 0.4) is 0 Å². The topological polar surface area (TPSA) is 50.2 Å². The number of aromatic nitrogens is 1. The van der Waals surface area contributed by atoms with Gasteiger partial charge < -0.3 is 10.1 Å². The summed E-state index contributed by atoms with van der Waals surface area (Å²) in [7, 11) is 0. The van der Waals surface area contributed by atoms with Gasteiger partial charge in [-0.05, 0) is 50.9 Å². The molecule has 0 amide bonds. The number of pyridine rings is 1. The number of hydrogen-bond acceptors (Lipinski definition) is 3. The van der Waals surface area contributed by atoms with Crippen LogP contribution in [-0.4, -0.2) is 15.9 Å². The van der Waals surface area contributed by atoms with Crippen LogP contribution in [-0.2, 0) is 24.9 Å². The quantitative estimate of drug-likeness (QED) is 0.109. The van der Waals surface area contributed by atoms with Gasteiger partial charge in [-0.2, -0.15) is 0 Å². The number of benzene rings is 3. The smallest absolute Gasteiger partial charge is 0.159 e. The molecule has 0 atom stereocenters. The molecule has 4 aromatic rings. The summed E-state index contributed by atoms with van der Waals surface area (Å²) in [4.78, 5) is 16.1. The number of aliphatic hydroxyl groups excluding tert-OH is 1. The van der Waals surface area contributed by atoms with E-state index in [0.717, 1.165) is 11.3 Å². The molecule has 0 saturated carbocycles. The number of hydrogen-bond donors (Lipinski definition) is 1. The van der Waals surface area contributed by atoms with Crippen LogP contribution in [0.5, 0.6) is 0 Å². The van der Waals surface area contributed by atoms with E-state index in [-0.39, 0.29) is 31.6 Å². The van der Waals surface area contributed by atoms with Crippen molar-refractivity contribution in [3.8, 4) is 33.5 Å². The summed E-state index contributed by atoms with van der Waals surface area (Å²) >= 11 is 0. The molecular formula is C35H38IrNO2-. The van der Waals surface area contributed by atoms with E-state index >= 15 is 0 Å². The Morgan fingerprint density at radius 3 is 2.10 bits per heavy atom. The molecule has 1 N–H and O–H groups in total. The van der Waals surface area contributed by atoms with E-state index in [4.69, 9.17) is 4.98 Å². The zero-order valence-electron chi connectivity index (χ0n) is 23.7. The molecule has 0 fully saturated rings. The summed E-state index contributed by atoms with van der Waals surface area (Å²) in [5.41, 5.74) is 8.45. The molecule has 4 heteroatoms. The van der Waals surface area contributed by atoms with Crippen LogP contribution in [0, 0.1) is 17.9 Å². The van der Waals surface area contributed by atoms with Crippen molar-refractivity contribution in [2.24, 2.45) is 11.8 Å². The standard InChI is InChI=1S/C24H18N.C11H20O2.Ir/c1-15(2)22-14-25-24-21-11-6-5-10-18(21)16-8-3-4-9-17(16)19-12-7-13-20(22)23(19)24;1-8(2)5-10(12)7-11(13)6-9(3)4;/h3-10,12-15H,1-2H3;7-9,12H,5-6H2,1-4H3;/q-1;;/b;10-7-;. The number of allylic oxidation sites excluding steroid dienone is 2. The van der Waals surface area contributed by atoms with Gasteiger partial charge in [0.05, 0.1) is 5.76 Å². The third-order valence-electron chi connectivity index (χ3n) is 6.72. The van der Waals surface area contributed by atoms with E-state index in [2.05, 4.69) is 74.5 Å². The molecule has 39 heavy (non-hydrogen) atoms. The monoisotopic (exact) mass is 697 g/mol. The molecule has 0 spiro atoms. The maximum absolute atomic E-state index is 11.2. The van der Waals surface area contributed by atoms with Gasteiger partial charge in [0, 0.05) is 45.2 Å². The van der Waals surface area contributed by atoms with Gasteiger partial charge in [0.1, 0.15) is 0 Å². The Morgan fingerprint density at radius 1 is 0.846 bits per heavy atom. The first-order valence-electron chi connectivity index (χ1n) is 13.6. The third kappa shape index (κ3) is 6.93. The molecule has 3 aromatic carbocycles. The van der Waals surface area contributed by atoms with E-state index in [0.29, 0.717) is 30.6 Å². The normalized spacial score (nSPS) is 11.9. The van der Waals surface area contributed by atoms with Gasteiger partial charge in [-0.3, -0.25) is 4.79 Å². The van der Waals surface area contributed by atoms with Crippen LogP contribution >= 0.6 is 0 Å². The van der Waals surface area contributed by atoms with Crippen LogP contribution in [0.15, 0.2) is 78.7 Å². The van der Waals surface area contributed by atoms with E-state index in [9.17, 15) is 9.90 Å². The predicted octanol–water partition coefficient (Wildman–Crippen LogP) is 9.56. The molecule has 1 heterocycles. The molecular weight excluding hydrogens is 659 g/mol. The van der Waals surface area contributed by atoms with Gasteiger partial charge in [-0.1, -0.05) is 95.1 Å². The number of aliphatic hydroxyl groups is 1. The SMILES string of the molecule is CC(C)CC(=O)/C=C(\O)CC(C)C.CC(C)c1cnc2c3c(cccc13)-c1ccccc1-c1ccc[c-]c1-2.[Ir]. The number of fused-ring (bicyclic) bond motifs is 5. The van der Waals surface area contributed by atoms with E-state index in [1.807, 2.05) is 40.0 Å². The van der Waals surface area contributed by atoms with Gasteiger partial charge in [0.15, 0.2) is 5.78 Å². The first kappa shape index (κ1) is 30.5. The van der Waals surface area contributed by atoms with Gasteiger partial charge in [0.2, 0.25) is 0 Å². The first-order chi connectivity index (χ1) is 18.2. The van der Waals surface area contributed by atoms with Crippen molar-refractivity contribution >= 4 is 16.6 Å². The number of rotatable bonds is 6. The predicted molar refractivity (Wildman–Crippen MR) is 159 cm³/mol. The Labute approximate surface area is 246 Å². The van der Waals surface area contributed by atoms with Crippen molar-refractivity contribution < 1.29 is 30.0 Å². The molecule has 0 unspecified atom stereocenters. The maximum atomic E-state index is 11.2. The van der Waals surface area contributed by atoms with Crippen molar-refractivity contribution in [2.75, 3.05) is 0 Å². The fourth-order valence-corrected chi connectivity index (χ4v) is 5.12. The van der Waals surface area contributed by atoms with Gasteiger partial charge in [-0.25, -0.2) is 0 Å². The number of carbonyl (C=O) groups excluding carboxylic acids is 1. The zero-order valence-corrected chi connectivity index (χ0v) is 26.1. The Morgan fingerprint density at radius 2 is 1.46 bits per heavy atom. The number of nitrogens with zero attached hydrogens (tertiary/aromatic N) is 1. The van der Waals surface area contributed by atoms with E-state index in [1.54, 1.807) is 0 Å². The van der Waals surface area contributed by atoms with Crippen molar-refractivity contribution in [3.05, 3.63) is 90.3 Å². The Bertz CT molecular complexity index is 1430. The fraction of sp³-hybridized carbons (Fsp3) is 0.314. The van der Waals surface area contributed by atoms with Gasteiger partial charge in [0.25, 0.3) is 0 Å². The summed E-state index contributed by atoms with van der Waals surface area (Å²) in [6, 6.07) is 25.0. The molecule has 205 valence electrons. The molecule has 1 aliphatic rings. The second-order valence-electron chi connectivity index (χ2n) is 11.2. The van der Waals surface area contributed by atoms with Crippen molar-refractivity contribution in [2.45, 2.75) is 60.3 Å². The van der Waals surface area contributed by atoms with Crippen LogP contribution in [0.2, 0.25) is 0 Å². The van der Waals surface area contributed by atoms with Crippen LogP contribution in [0.25, 0.3) is 44.3 Å². The minimum absolute atomic E-state index is 0. The molecule has 1 radical (unpaired) electrons. The molecule has 0 saturated heterocycles. The average molecular weight is 697 g/mol. The van der Waals surface area contributed by atoms with Crippen LogP contribution < -0.4 is 0 Å². The number of carbonyl (C=O) groups is 1. The van der Waals surface area contributed by atoms with Crippen molar-refractivity contribution in [3.63, 3.8) is 0 Å². The third-order valence-corrected chi connectivity index (χ3v) is 6.72. The molecule has 3 nitrogen and oxygen atoms in total. The largest absolute Gasteiger partial charge is 0.512 e. The summed E-state index contributed by atoms with van der Waals surface area (Å²) in [5, 5.41) is 11.9. The Kier molecular flexibility index (Phi) is 10.4. The molecule has 1 aromatic heterocycles. The minimum atomic E-state index is 0. The summed E-state index contributed by atoms with van der Waals surface area (Å²) in [5.74, 6) is 1.42. The molecule has 0 aliphatic heterocycles. The summed E-state index contributed by atoms with van der Waals surface area (Å²) in [6.07, 6.45) is 4.51. The second kappa shape index (κ2) is 13.3. The average Bonchev–Trinajstić information content (AvgIpc) is 2.98. The Balaban J connectivity index is 0.000000260. The molecule has 1 aliphatic carbocycles. The molecule has 5 rings (SSSR count). The zero-order chi connectivity index (χ0) is 27.4. The number of ketones is 1. The Hall–Kier alpha value is -3.07. The van der Waals surface area contributed by atoms with Crippen molar-refractivity contribution in [1.82, 2.24) is 4.98 Å². The van der Waals surface area contributed by atoms with Crippen molar-refractivity contribution in [1.29, 1.82) is 0 Å². The second-order valence-corrected chi connectivity index (χ2v) is 11.2. The fourth-order valence-electron chi connectivity index (χ4n) is 5.12. The van der Waals surface area contributed by atoms with Gasteiger partial charge in [-0.15, -0.1) is 29.8 Å². The first-order valence-corrected chi connectivity index (χ1v) is 13.6. The van der Waals surface area contributed by atoms with E-state index < -0.39 is 0 Å².